The second-order valence-electron chi connectivity index (χ2n) is 32.8. The van der Waals surface area contributed by atoms with Crippen LogP contribution in [-0.4, -0.2) is 154 Å². The molecule has 8 N–H and O–H groups in total. The summed E-state index contributed by atoms with van der Waals surface area (Å²) in [6.07, 6.45) is 7.06. The Morgan fingerprint density at radius 2 is 0.703 bits per heavy atom. The van der Waals surface area contributed by atoms with Crippen LogP contribution in [0.1, 0.15) is 109 Å². The number of nitrogens with one attached hydrogen (secondary N) is 6. The molecule has 10 heterocycles. The Hall–Kier alpha value is -14.9. The third-order valence-corrected chi connectivity index (χ3v) is 24.4. The highest BCUT2D eigenvalue weighted by Gasteiger charge is 2.46. The van der Waals surface area contributed by atoms with Crippen LogP contribution in [0.25, 0.3) is 62.4 Å². The van der Waals surface area contributed by atoms with Crippen molar-refractivity contribution in [2.45, 2.75) is 109 Å². The van der Waals surface area contributed by atoms with Crippen LogP contribution in [0, 0.1) is 5.92 Å². The summed E-state index contributed by atoms with van der Waals surface area (Å²) in [6, 6.07) is 99.5. The van der Waals surface area contributed by atoms with Crippen LogP contribution < -0.4 is 5.32 Å². The first kappa shape index (κ1) is 85.2. The summed E-state index contributed by atoms with van der Waals surface area (Å²) in [5.41, 5.74) is 26.3. The minimum Gasteiger partial charge on any atom is -0.388 e. The highest BCUT2D eigenvalue weighted by atomic mass is 16.3. The first-order valence-corrected chi connectivity index (χ1v) is 43.9. The molecule has 0 saturated heterocycles. The molecular weight excluding hydrogens is 1600 g/mol. The second-order valence-corrected chi connectivity index (χ2v) is 32.8. The van der Waals surface area contributed by atoms with Gasteiger partial charge < -0.3 is 40.0 Å². The second kappa shape index (κ2) is 40.8. The third-order valence-electron chi connectivity index (χ3n) is 24.4. The van der Waals surface area contributed by atoms with Crippen LogP contribution in [0.15, 0.2) is 309 Å². The molecule has 10 aromatic carbocycles. The standard InChI is InChI=1S/C22H21N3O.2C21H21N3O2.C21H19N3O.C20H20N4O/c26-22(18-13-17(18)15-7-3-1-4-8-15)25-12-11-20-19(14-25)21(24-23-20)16-9-5-2-6-10-16;25-19(15-7-3-1-4-8-15)13-20(26)24-12-11-18-17(14-24)21(23-22-18)16-9-5-2-6-10-16;25-19(13-15-7-3-1-4-8-15)21(26)24-12-11-18-17(14-24)20(23-22-18)16-9-5-2-6-10-16;25-20(12-11-16-7-3-1-4-8-16)24-14-13-19-18(15-24)21(23-22-19)17-9-5-2-6-10-17;25-20(21-13-15-7-3-1-4-8-15)24-12-11-18-17(14-24)19(23-22-18)16-9-5-2-6-10-16/h1-10,17-18H,11-14H2,(H,23,24);2*1-10,19,25H,11-14H2,(H,22,23);1-12H,13-15H2,(H,22,23);1-10H,11-14H2,(H,21,25)(H,22,23)/b;;;12-11+;/t17-,18?;;;;/m0..../s1. The van der Waals surface area contributed by atoms with Crippen LogP contribution in [0.5, 0.6) is 0 Å². The summed E-state index contributed by atoms with van der Waals surface area (Å²) in [4.78, 5) is 72.8. The summed E-state index contributed by atoms with van der Waals surface area (Å²) in [7, 11) is 0. The van der Waals surface area contributed by atoms with Crippen molar-refractivity contribution in [3.8, 4) is 56.3 Å². The van der Waals surface area contributed by atoms with E-state index in [0.29, 0.717) is 83.7 Å². The van der Waals surface area contributed by atoms with E-state index < -0.39 is 12.2 Å². The van der Waals surface area contributed by atoms with Crippen molar-refractivity contribution in [2.75, 3.05) is 32.7 Å². The zero-order chi connectivity index (χ0) is 87.5. The van der Waals surface area contributed by atoms with E-state index >= 15 is 0 Å². The predicted molar refractivity (Wildman–Crippen MR) is 494 cm³/mol. The van der Waals surface area contributed by atoms with Gasteiger partial charge in [0, 0.05) is 200 Å². The first-order chi connectivity index (χ1) is 62.9. The normalized spacial score (nSPS) is 15.6. The molecule has 5 aromatic heterocycles. The lowest BCUT2D eigenvalue weighted by molar-refractivity contribution is -0.141. The number of rotatable bonds is 17. The molecule has 644 valence electrons. The minimum absolute atomic E-state index is 0.0327. The van der Waals surface area contributed by atoms with Gasteiger partial charge in [-0.15, -0.1) is 0 Å². The van der Waals surface area contributed by atoms with E-state index in [1.165, 1.54) is 16.8 Å². The molecule has 0 radical (unpaired) electrons. The SMILES string of the molecule is O=C(/C=C/c1ccccc1)N1CCc2[nH]nc(-c3ccccc3)c2C1.O=C(C(O)Cc1ccccc1)N1CCc2[nH]nc(-c3ccccc3)c2C1.O=C(C1C[C@H]1c1ccccc1)N1CCc2[nH]nc(-c3ccccc3)c2C1.O=C(CC(O)c1ccccc1)N1CCc2[nH]nc(-c3ccccc3)c2C1.O=C(NCc1ccccc1)N1CCc2[nH]nc(-c3ccccc3)c2C1. The molecule has 0 spiro atoms. The fourth-order valence-corrected chi connectivity index (χ4v) is 17.3. The maximum atomic E-state index is 13.0. The molecule has 21 rings (SSSR count). The highest BCUT2D eigenvalue weighted by molar-refractivity contribution is 5.92. The average molecular weight is 1700 g/mol. The van der Waals surface area contributed by atoms with Crippen molar-refractivity contribution in [3.05, 3.63) is 393 Å². The third kappa shape index (κ3) is 20.7. The number of fused-ring (bicyclic) bond motifs is 5. The largest absolute Gasteiger partial charge is 0.388 e. The number of nitrogens with zero attached hydrogens (tertiary/aromatic N) is 10. The van der Waals surface area contributed by atoms with Crippen molar-refractivity contribution >= 4 is 35.7 Å². The molecule has 6 aliphatic rings. The van der Waals surface area contributed by atoms with Gasteiger partial charge in [0.25, 0.3) is 5.91 Å². The van der Waals surface area contributed by atoms with Crippen LogP contribution in [0.2, 0.25) is 0 Å². The van der Waals surface area contributed by atoms with Gasteiger partial charge in [0.2, 0.25) is 17.7 Å². The Morgan fingerprint density at radius 1 is 0.375 bits per heavy atom. The maximum Gasteiger partial charge on any atom is 0.317 e. The number of amides is 6. The molecule has 3 unspecified atom stereocenters. The molecule has 1 saturated carbocycles. The maximum absolute atomic E-state index is 13.0. The number of aliphatic hydroxyl groups is 2. The Kier molecular flexibility index (Phi) is 27.2. The van der Waals surface area contributed by atoms with Crippen LogP contribution in [0.3, 0.4) is 0 Å². The van der Waals surface area contributed by atoms with Crippen molar-refractivity contribution in [1.29, 1.82) is 0 Å². The van der Waals surface area contributed by atoms with Gasteiger partial charge in [-0.25, -0.2) is 4.79 Å². The quantitative estimate of drug-likeness (QED) is 0.0395. The lowest BCUT2D eigenvalue weighted by atomic mass is 10.00. The van der Waals surface area contributed by atoms with Gasteiger partial charge >= 0.3 is 6.03 Å². The Balaban J connectivity index is 0.000000113. The Labute approximate surface area is 743 Å². The van der Waals surface area contributed by atoms with Crippen molar-refractivity contribution < 1.29 is 34.2 Å². The van der Waals surface area contributed by atoms with Crippen molar-refractivity contribution in [1.82, 2.24) is 80.8 Å². The molecular formula is C105H102N16O7. The molecule has 5 aliphatic heterocycles. The molecule has 6 amide bonds. The van der Waals surface area contributed by atoms with Gasteiger partial charge in [-0.3, -0.25) is 44.7 Å². The number of urea groups is 1. The minimum atomic E-state index is -1.02. The number of hydrogen-bond acceptors (Lipinski definition) is 12. The van der Waals surface area contributed by atoms with E-state index in [4.69, 9.17) is 0 Å². The summed E-state index contributed by atoms with van der Waals surface area (Å²) in [5, 5.41) is 61.8. The van der Waals surface area contributed by atoms with E-state index in [0.717, 1.165) is 169 Å². The van der Waals surface area contributed by atoms with Gasteiger partial charge in [-0.05, 0) is 46.2 Å². The zero-order valence-corrected chi connectivity index (χ0v) is 71.2. The molecule has 1 aliphatic carbocycles. The van der Waals surface area contributed by atoms with Gasteiger partial charge in [-0.1, -0.05) is 303 Å². The lowest BCUT2D eigenvalue weighted by Gasteiger charge is -2.29. The number of benzene rings is 10. The number of aromatic nitrogens is 10. The van der Waals surface area contributed by atoms with Crippen molar-refractivity contribution in [3.63, 3.8) is 0 Å². The Morgan fingerprint density at radius 3 is 1.13 bits per heavy atom. The fourth-order valence-electron chi connectivity index (χ4n) is 17.3. The predicted octanol–water partition coefficient (Wildman–Crippen LogP) is 16.4. The smallest absolute Gasteiger partial charge is 0.317 e. The topological polar surface area (TPSA) is 297 Å². The van der Waals surface area contributed by atoms with E-state index in [1.54, 1.807) is 11.0 Å². The lowest BCUT2D eigenvalue weighted by Crippen LogP contribution is -2.42. The van der Waals surface area contributed by atoms with E-state index in [1.807, 2.05) is 293 Å². The average Bonchev–Trinajstić information content (AvgIpc) is 1.62. The van der Waals surface area contributed by atoms with Gasteiger partial charge in [0.15, 0.2) is 0 Å². The van der Waals surface area contributed by atoms with Crippen LogP contribution >= 0.6 is 0 Å². The molecule has 0 bridgehead atoms. The summed E-state index contributed by atoms with van der Waals surface area (Å²) < 4.78 is 0. The number of hydrogen-bond donors (Lipinski definition) is 8. The zero-order valence-electron chi connectivity index (χ0n) is 71.2. The van der Waals surface area contributed by atoms with Gasteiger partial charge in [-0.2, -0.15) is 25.5 Å². The summed E-state index contributed by atoms with van der Waals surface area (Å²) in [5.74, 6) is 0.612. The molecule has 1 fully saturated rings. The molecule has 23 nitrogen and oxygen atoms in total. The van der Waals surface area contributed by atoms with E-state index in [9.17, 15) is 34.2 Å². The van der Waals surface area contributed by atoms with Crippen LogP contribution in [-0.2, 0) is 97.0 Å². The Bertz CT molecular complexity index is 6090. The first-order valence-electron chi connectivity index (χ1n) is 43.9. The van der Waals surface area contributed by atoms with E-state index in [2.05, 4.69) is 92.7 Å². The van der Waals surface area contributed by atoms with Crippen LogP contribution in [0.4, 0.5) is 4.79 Å². The summed E-state index contributed by atoms with van der Waals surface area (Å²) >= 11 is 0. The fraction of sp³-hybridized carbons (Fsp3) is 0.219. The molecule has 15 aromatic rings. The molecule has 128 heavy (non-hydrogen) atoms. The van der Waals surface area contributed by atoms with E-state index in [-0.39, 0.29) is 36.1 Å². The number of carbonyl (C=O) groups is 5. The number of H-pyrrole nitrogens is 5. The number of carbonyl (C=O) groups excluding carboxylic acids is 5. The number of aromatic amines is 5. The summed E-state index contributed by atoms with van der Waals surface area (Å²) in [6.45, 7) is 6.79. The van der Waals surface area contributed by atoms with Gasteiger partial charge in [0.1, 0.15) is 6.10 Å². The highest BCUT2D eigenvalue weighted by Crippen LogP contribution is 2.49. The van der Waals surface area contributed by atoms with Crippen molar-refractivity contribution in [2.24, 2.45) is 5.92 Å². The van der Waals surface area contributed by atoms with Gasteiger partial charge in [0.05, 0.1) is 47.5 Å². The number of aliphatic hydroxyl groups excluding tert-OH is 2. The monoisotopic (exact) mass is 1700 g/mol. The molecule has 4 atom stereocenters. The molecule has 23 heteroatoms.